The van der Waals surface area contributed by atoms with Gasteiger partial charge in [0.15, 0.2) is 6.10 Å². The van der Waals surface area contributed by atoms with E-state index < -0.39 is 41.0 Å². The van der Waals surface area contributed by atoms with Crippen LogP contribution in [0.4, 0.5) is 0 Å². The molecule has 0 aromatic rings. The summed E-state index contributed by atoms with van der Waals surface area (Å²) < 4.78 is 6.27. The lowest BCUT2D eigenvalue weighted by Crippen LogP contribution is -2.86. The van der Waals surface area contributed by atoms with Gasteiger partial charge >= 0.3 is 0 Å². The van der Waals surface area contributed by atoms with E-state index in [1.165, 1.54) is 0 Å². The average molecular weight is 455 g/mol. The van der Waals surface area contributed by atoms with E-state index in [2.05, 4.69) is 20.4 Å². The minimum atomic E-state index is -1.90. The molecule has 4 aliphatic carbocycles. The number of rotatable bonds is 6. The third kappa shape index (κ3) is 2.45. The number of fused-ring (bicyclic) bond motifs is 2. The van der Waals surface area contributed by atoms with Gasteiger partial charge in [-0.05, 0) is 56.4 Å². The summed E-state index contributed by atoms with van der Waals surface area (Å²) in [6, 6.07) is 0. The summed E-state index contributed by atoms with van der Waals surface area (Å²) in [5.41, 5.74) is -1.55. The Bertz CT molecular complexity index is 771. The highest BCUT2D eigenvalue weighted by molar-refractivity contribution is 5.38. The largest absolute Gasteiger partial charge is 0.392 e. The highest BCUT2D eigenvalue weighted by atomic mass is 17.2. The van der Waals surface area contributed by atoms with Gasteiger partial charge in [0.1, 0.15) is 6.10 Å². The molecule has 0 aromatic heterocycles. The third-order valence-corrected chi connectivity index (χ3v) is 9.64. The minimum Gasteiger partial charge on any atom is -0.392 e. The van der Waals surface area contributed by atoms with Crippen LogP contribution in [0.3, 0.4) is 0 Å². The molecule has 32 heavy (non-hydrogen) atoms. The molecule has 2 heterocycles. The molecule has 4 saturated carbocycles. The molecule has 4 bridgehead atoms. The molecule has 182 valence electrons. The van der Waals surface area contributed by atoms with Crippen molar-refractivity contribution in [3.05, 3.63) is 12.2 Å². The Kier molecular flexibility index (Phi) is 5.40. The number of aliphatic hydroxyl groups excluding tert-OH is 2. The van der Waals surface area contributed by atoms with Crippen LogP contribution in [0.25, 0.3) is 0 Å². The molecule has 10 atom stereocenters. The zero-order chi connectivity index (χ0) is 23.1. The van der Waals surface area contributed by atoms with Gasteiger partial charge in [0.2, 0.25) is 5.79 Å². The van der Waals surface area contributed by atoms with Crippen molar-refractivity contribution in [3.8, 4) is 0 Å². The fraction of sp³-hybridized carbons (Fsp3) is 0.917. The zero-order valence-corrected chi connectivity index (χ0v) is 19.6. The Morgan fingerprint density at radius 2 is 1.75 bits per heavy atom. The quantitative estimate of drug-likeness (QED) is 0.318. The van der Waals surface area contributed by atoms with Gasteiger partial charge in [0.05, 0.1) is 37.4 Å². The van der Waals surface area contributed by atoms with Crippen LogP contribution in [0.1, 0.15) is 53.4 Å². The van der Waals surface area contributed by atoms with Crippen molar-refractivity contribution in [2.24, 2.45) is 34.0 Å². The highest BCUT2D eigenvalue weighted by Gasteiger charge is 2.87. The first-order valence-electron chi connectivity index (χ1n) is 12.1. The summed E-state index contributed by atoms with van der Waals surface area (Å²) in [7, 11) is 0. The van der Waals surface area contributed by atoms with Crippen LogP contribution in [0.2, 0.25) is 0 Å². The van der Waals surface area contributed by atoms with Crippen LogP contribution in [0.5, 0.6) is 0 Å². The molecular formula is C24H38O8. The average Bonchev–Trinajstić information content (AvgIpc) is 2.87. The van der Waals surface area contributed by atoms with E-state index >= 15 is 0 Å². The van der Waals surface area contributed by atoms with E-state index in [4.69, 9.17) is 24.3 Å². The molecule has 8 heteroatoms. The summed E-state index contributed by atoms with van der Waals surface area (Å²) in [4.78, 5) is 22.6. The van der Waals surface area contributed by atoms with Crippen LogP contribution in [-0.2, 0) is 24.3 Å². The third-order valence-electron chi connectivity index (χ3n) is 9.64. The molecule has 2 unspecified atom stereocenters. The monoisotopic (exact) mass is 454 g/mol. The second kappa shape index (κ2) is 7.46. The Labute approximate surface area is 189 Å². The van der Waals surface area contributed by atoms with E-state index in [1.54, 1.807) is 0 Å². The van der Waals surface area contributed by atoms with Crippen molar-refractivity contribution in [2.45, 2.75) is 83.6 Å². The van der Waals surface area contributed by atoms with Gasteiger partial charge in [-0.3, -0.25) is 0 Å². The second-order valence-corrected chi connectivity index (χ2v) is 11.1. The first-order valence-corrected chi connectivity index (χ1v) is 12.1. The van der Waals surface area contributed by atoms with Crippen molar-refractivity contribution in [1.29, 1.82) is 0 Å². The van der Waals surface area contributed by atoms with Gasteiger partial charge < -0.3 is 20.1 Å². The number of hydrogen-bond donors (Lipinski definition) is 3. The Morgan fingerprint density at radius 1 is 1.06 bits per heavy atom. The molecule has 8 nitrogen and oxygen atoms in total. The zero-order valence-electron chi connectivity index (χ0n) is 19.6. The summed E-state index contributed by atoms with van der Waals surface area (Å²) >= 11 is 0. The first kappa shape index (κ1) is 23.2. The maximum atomic E-state index is 12.4. The highest BCUT2D eigenvalue weighted by Crippen LogP contribution is 2.78. The fourth-order valence-electron chi connectivity index (χ4n) is 8.62. The van der Waals surface area contributed by atoms with E-state index in [1.807, 2.05) is 13.8 Å². The van der Waals surface area contributed by atoms with Gasteiger partial charge in [0, 0.05) is 17.3 Å². The van der Waals surface area contributed by atoms with E-state index in [9.17, 15) is 15.3 Å². The van der Waals surface area contributed by atoms with E-state index in [0.29, 0.717) is 31.6 Å². The standard InChI is InChI=1S/C24H38O8/c1-6-29-31-19-13(3)14-8-9-15-22-12-28-24(27,23(15,19)18(14)26)20(32-30-7-2)17(22)21(4,5)11-10-16(22)25/h14-20,25-27H,3,6-12H2,1-2,4-5H3/t14-,15?,16+,17?,18-,19-,20+,22-,23-,24+/m1/s1. The molecule has 3 N–H and O–H groups in total. The maximum absolute atomic E-state index is 12.4. The van der Waals surface area contributed by atoms with Crippen LogP contribution in [0, 0.1) is 34.0 Å². The predicted molar refractivity (Wildman–Crippen MR) is 113 cm³/mol. The molecule has 6 fully saturated rings. The van der Waals surface area contributed by atoms with E-state index in [-0.39, 0.29) is 29.8 Å². The smallest absolute Gasteiger partial charge is 0.207 e. The molecule has 2 spiro atoms. The normalized spacial score (nSPS) is 53.2. The van der Waals surface area contributed by atoms with Gasteiger partial charge in [-0.25, -0.2) is 19.6 Å². The van der Waals surface area contributed by atoms with Crippen molar-refractivity contribution in [2.75, 3.05) is 19.8 Å². The van der Waals surface area contributed by atoms with Crippen molar-refractivity contribution < 1.29 is 39.6 Å². The maximum Gasteiger partial charge on any atom is 0.207 e. The first-order chi connectivity index (χ1) is 15.1. The van der Waals surface area contributed by atoms with E-state index in [0.717, 1.165) is 12.8 Å². The van der Waals surface area contributed by atoms with Crippen molar-refractivity contribution >= 4 is 0 Å². The molecule has 2 aliphatic heterocycles. The molecular weight excluding hydrogens is 416 g/mol. The molecule has 0 aromatic carbocycles. The second-order valence-electron chi connectivity index (χ2n) is 11.1. The van der Waals surface area contributed by atoms with Crippen LogP contribution < -0.4 is 0 Å². The molecule has 0 radical (unpaired) electrons. The summed E-state index contributed by atoms with van der Waals surface area (Å²) in [6.45, 7) is 13.0. The molecule has 6 rings (SSSR count). The number of aliphatic hydroxyl groups is 3. The minimum absolute atomic E-state index is 0.197. The van der Waals surface area contributed by atoms with Crippen LogP contribution >= 0.6 is 0 Å². The summed E-state index contributed by atoms with van der Waals surface area (Å²) in [6.07, 6.45) is -0.475. The van der Waals surface area contributed by atoms with Gasteiger partial charge in [-0.2, -0.15) is 0 Å². The topological polar surface area (TPSA) is 107 Å². The lowest BCUT2D eigenvalue weighted by molar-refractivity contribution is -0.525. The molecule has 2 saturated heterocycles. The lowest BCUT2D eigenvalue weighted by Gasteiger charge is -2.75. The molecule has 6 aliphatic rings. The lowest BCUT2D eigenvalue weighted by atomic mass is 9.35. The number of ether oxygens (including phenoxy) is 1. The summed E-state index contributed by atoms with van der Waals surface area (Å²) in [5.74, 6) is -2.64. The van der Waals surface area contributed by atoms with Crippen molar-refractivity contribution in [1.82, 2.24) is 0 Å². The van der Waals surface area contributed by atoms with Gasteiger partial charge in [0.25, 0.3) is 0 Å². The predicted octanol–water partition coefficient (Wildman–Crippen LogP) is 2.12. The van der Waals surface area contributed by atoms with Crippen LogP contribution in [0.15, 0.2) is 12.2 Å². The van der Waals surface area contributed by atoms with Crippen molar-refractivity contribution in [3.63, 3.8) is 0 Å². The summed E-state index contributed by atoms with van der Waals surface area (Å²) in [5, 5.41) is 35.8. The molecule has 0 amide bonds. The van der Waals surface area contributed by atoms with Gasteiger partial charge in [-0.15, -0.1) is 0 Å². The van der Waals surface area contributed by atoms with Crippen LogP contribution in [-0.4, -0.2) is 65.3 Å². The van der Waals surface area contributed by atoms with Gasteiger partial charge in [-0.1, -0.05) is 20.4 Å². The number of hydrogen-bond acceptors (Lipinski definition) is 8. The Balaban J connectivity index is 1.75. The fourth-order valence-corrected chi connectivity index (χ4v) is 8.62. The SMILES string of the molecule is C=C1[C@H]2CCC3[C@@]45CO[C@@](O)([C@@H](OOCC)C4C(C)(C)CC[C@@H]5O)[C@@]3([C@@H]1OOCC)[C@@H]2O. The Morgan fingerprint density at radius 3 is 2.44 bits per heavy atom. The Hall–Kier alpha value is -0.580.